The molecule has 0 saturated carbocycles. The normalized spacial score (nSPS) is 16.5. The highest BCUT2D eigenvalue weighted by Crippen LogP contribution is 2.34. The van der Waals surface area contributed by atoms with Gasteiger partial charge in [0.2, 0.25) is 10.0 Å². The van der Waals surface area contributed by atoms with Crippen molar-refractivity contribution in [3.63, 3.8) is 0 Å². The van der Waals surface area contributed by atoms with Gasteiger partial charge < -0.3 is 9.64 Å². The first-order valence-corrected chi connectivity index (χ1v) is 10.3. The second kappa shape index (κ2) is 7.70. The van der Waals surface area contributed by atoms with E-state index < -0.39 is 10.0 Å². The van der Waals surface area contributed by atoms with Crippen LogP contribution in [-0.4, -0.2) is 40.4 Å². The maximum absolute atomic E-state index is 13.1. The lowest BCUT2D eigenvalue weighted by atomic mass is 9.87. The Labute approximate surface area is 160 Å². The van der Waals surface area contributed by atoms with Crippen LogP contribution in [0.4, 0.5) is 0 Å². The zero-order valence-corrected chi connectivity index (χ0v) is 16.5. The molecule has 0 bridgehead atoms. The molecule has 0 fully saturated rings. The van der Waals surface area contributed by atoms with Crippen molar-refractivity contribution < 1.29 is 17.9 Å². The van der Waals surface area contributed by atoms with E-state index in [0.717, 1.165) is 24.8 Å². The van der Waals surface area contributed by atoms with Crippen LogP contribution in [0, 0.1) is 0 Å². The van der Waals surface area contributed by atoms with Gasteiger partial charge in [0.15, 0.2) is 0 Å². The van der Waals surface area contributed by atoms with Crippen molar-refractivity contribution in [1.82, 2.24) is 9.62 Å². The number of ether oxygens (including phenoxy) is 1. The van der Waals surface area contributed by atoms with Crippen molar-refractivity contribution >= 4 is 15.9 Å². The lowest BCUT2D eigenvalue weighted by molar-refractivity contribution is 0.0715. The number of methoxy groups -OCH3 is 1. The van der Waals surface area contributed by atoms with Gasteiger partial charge in [0.25, 0.3) is 5.91 Å². The maximum atomic E-state index is 13.1. The van der Waals surface area contributed by atoms with Gasteiger partial charge in [0.1, 0.15) is 10.6 Å². The number of nitrogens with one attached hydrogen (secondary N) is 1. The fourth-order valence-corrected chi connectivity index (χ4v) is 4.52. The Bertz CT molecular complexity index is 956. The molecule has 0 aliphatic heterocycles. The predicted molar refractivity (Wildman–Crippen MR) is 103 cm³/mol. The largest absolute Gasteiger partial charge is 0.495 e. The molecule has 1 unspecified atom stereocenters. The van der Waals surface area contributed by atoms with Gasteiger partial charge in [-0.05, 0) is 55.6 Å². The van der Waals surface area contributed by atoms with Crippen molar-refractivity contribution in [2.75, 3.05) is 21.2 Å². The molecule has 27 heavy (non-hydrogen) atoms. The van der Waals surface area contributed by atoms with Gasteiger partial charge in [0.05, 0.1) is 13.2 Å². The van der Waals surface area contributed by atoms with E-state index in [9.17, 15) is 13.2 Å². The van der Waals surface area contributed by atoms with Crippen LogP contribution in [0.1, 0.15) is 40.4 Å². The van der Waals surface area contributed by atoms with Gasteiger partial charge >= 0.3 is 0 Å². The molecule has 0 radical (unpaired) electrons. The zero-order chi connectivity index (χ0) is 19.6. The molecule has 1 aliphatic rings. The van der Waals surface area contributed by atoms with Crippen molar-refractivity contribution in [3.05, 3.63) is 59.2 Å². The first kappa shape index (κ1) is 19.4. The minimum atomic E-state index is -3.74. The first-order chi connectivity index (χ1) is 12.9. The molecule has 6 nitrogen and oxygen atoms in total. The summed E-state index contributed by atoms with van der Waals surface area (Å²) in [6, 6.07) is 12.6. The Morgan fingerprint density at radius 3 is 2.67 bits per heavy atom. The Kier molecular flexibility index (Phi) is 5.53. The highest BCUT2D eigenvalue weighted by atomic mass is 32.2. The number of sulfonamides is 1. The van der Waals surface area contributed by atoms with Gasteiger partial charge in [-0.3, -0.25) is 4.79 Å². The number of carbonyl (C=O) groups is 1. The summed E-state index contributed by atoms with van der Waals surface area (Å²) in [6.07, 6.45) is 2.92. The summed E-state index contributed by atoms with van der Waals surface area (Å²) in [6.45, 7) is 0. The maximum Gasteiger partial charge on any atom is 0.254 e. The Morgan fingerprint density at radius 2 is 1.96 bits per heavy atom. The summed E-state index contributed by atoms with van der Waals surface area (Å²) in [5, 5.41) is 0. The van der Waals surface area contributed by atoms with Crippen molar-refractivity contribution in [2.45, 2.75) is 30.2 Å². The van der Waals surface area contributed by atoms with E-state index in [2.05, 4.69) is 16.9 Å². The Hall–Kier alpha value is -2.38. The second-order valence-corrected chi connectivity index (χ2v) is 8.45. The van der Waals surface area contributed by atoms with Crippen LogP contribution < -0.4 is 9.46 Å². The number of nitrogens with zero attached hydrogens (tertiary/aromatic N) is 1. The molecule has 144 valence electrons. The fraction of sp³-hybridized carbons (Fsp3) is 0.350. The number of hydrogen-bond acceptors (Lipinski definition) is 4. The molecular weight excluding hydrogens is 364 g/mol. The summed E-state index contributed by atoms with van der Waals surface area (Å²) in [5.41, 5.74) is 2.74. The quantitative estimate of drug-likeness (QED) is 0.855. The minimum Gasteiger partial charge on any atom is -0.495 e. The Morgan fingerprint density at radius 1 is 1.22 bits per heavy atom. The first-order valence-electron chi connectivity index (χ1n) is 8.85. The third-order valence-corrected chi connectivity index (χ3v) is 6.53. The van der Waals surface area contributed by atoms with E-state index in [1.165, 1.54) is 31.9 Å². The molecule has 1 N–H and O–H groups in total. The van der Waals surface area contributed by atoms with Crippen LogP contribution >= 0.6 is 0 Å². The van der Waals surface area contributed by atoms with Gasteiger partial charge in [-0.1, -0.05) is 24.3 Å². The number of benzene rings is 2. The molecule has 2 aromatic carbocycles. The molecule has 7 heteroatoms. The fourth-order valence-electron chi connectivity index (χ4n) is 3.61. The van der Waals surface area contributed by atoms with E-state index in [-0.39, 0.29) is 22.6 Å². The van der Waals surface area contributed by atoms with Gasteiger partial charge in [-0.15, -0.1) is 0 Å². The average molecular weight is 388 g/mol. The topological polar surface area (TPSA) is 75.7 Å². The lowest BCUT2D eigenvalue weighted by Crippen LogP contribution is -2.33. The number of carbonyl (C=O) groups excluding carboxylic acids is 1. The standard InChI is InChI=1S/C20H24N2O4S/c1-21-27(24,25)19-13-15(11-12-18(19)26-3)20(23)22(2)17-10-6-8-14-7-4-5-9-16(14)17/h4-5,7,9,11-13,17,21H,6,8,10H2,1-3H3. The minimum absolute atomic E-state index is 0.0195. The highest BCUT2D eigenvalue weighted by molar-refractivity contribution is 7.89. The molecule has 1 atom stereocenters. The monoisotopic (exact) mass is 388 g/mol. The molecule has 0 aromatic heterocycles. The summed E-state index contributed by atoms with van der Waals surface area (Å²) in [7, 11) is 0.755. The number of amides is 1. The number of fused-ring (bicyclic) bond motifs is 1. The second-order valence-electron chi connectivity index (χ2n) is 6.60. The Balaban J connectivity index is 1.96. The predicted octanol–water partition coefficient (Wildman–Crippen LogP) is 2.75. The highest BCUT2D eigenvalue weighted by Gasteiger charge is 2.28. The van der Waals surface area contributed by atoms with Crippen LogP contribution in [-0.2, 0) is 16.4 Å². The summed E-state index contributed by atoms with van der Waals surface area (Å²) in [5.74, 6) is -0.0153. The van der Waals surface area contributed by atoms with E-state index >= 15 is 0 Å². The molecule has 3 rings (SSSR count). The lowest BCUT2D eigenvalue weighted by Gasteiger charge is -2.33. The number of rotatable bonds is 5. The molecular formula is C20H24N2O4S. The van der Waals surface area contributed by atoms with Crippen molar-refractivity contribution in [1.29, 1.82) is 0 Å². The zero-order valence-electron chi connectivity index (χ0n) is 15.7. The number of hydrogen-bond donors (Lipinski definition) is 1. The van der Waals surface area contributed by atoms with Crippen LogP contribution in [0.2, 0.25) is 0 Å². The van der Waals surface area contributed by atoms with Crippen molar-refractivity contribution in [2.24, 2.45) is 0 Å². The van der Waals surface area contributed by atoms with Gasteiger partial charge in [-0.2, -0.15) is 0 Å². The van der Waals surface area contributed by atoms with E-state index in [4.69, 9.17) is 4.74 Å². The van der Waals surface area contributed by atoms with Gasteiger partial charge in [-0.25, -0.2) is 13.1 Å². The SMILES string of the molecule is CNS(=O)(=O)c1cc(C(=O)N(C)C2CCCc3ccccc32)ccc1OC. The van der Waals surface area contributed by atoms with Crippen LogP contribution in [0.15, 0.2) is 47.4 Å². The molecule has 0 saturated heterocycles. The van der Waals surface area contributed by atoms with Crippen LogP contribution in [0.5, 0.6) is 5.75 Å². The van der Waals surface area contributed by atoms with Crippen LogP contribution in [0.25, 0.3) is 0 Å². The molecule has 1 amide bonds. The van der Waals surface area contributed by atoms with Gasteiger partial charge in [0, 0.05) is 12.6 Å². The third kappa shape index (κ3) is 3.70. The van der Waals surface area contributed by atoms with E-state index in [0.29, 0.717) is 5.56 Å². The molecule has 0 heterocycles. The van der Waals surface area contributed by atoms with E-state index in [1.54, 1.807) is 18.0 Å². The smallest absolute Gasteiger partial charge is 0.254 e. The molecule has 2 aromatic rings. The number of aryl methyl sites for hydroxylation is 1. The van der Waals surface area contributed by atoms with Crippen molar-refractivity contribution in [3.8, 4) is 5.75 Å². The van der Waals surface area contributed by atoms with Crippen LogP contribution in [0.3, 0.4) is 0 Å². The summed E-state index contributed by atoms with van der Waals surface area (Å²) >= 11 is 0. The average Bonchev–Trinajstić information content (AvgIpc) is 2.71. The molecule has 1 aliphatic carbocycles. The summed E-state index contributed by atoms with van der Waals surface area (Å²) < 4.78 is 32.0. The molecule has 0 spiro atoms. The summed E-state index contributed by atoms with van der Waals surface area (Å²) in [4.78, 5) is 14.7. The van der Waals surface area contributed by atoms with E-state index in [1.807, 2.05) is 12.1 Å². The third-order valence-electron chi connectivity index (χ3n) is 5.09.